The van der Waals surface area contributed by atoms with Crippen molar-refractivity contribution in [3.63, 3.8) is 0 Å². The number of guanidine groups is 1. The molecule has 0 bridgehead atoms. The summed E-state index contributed by atoms with van der Waals surface area (Å²) in [5, 5.41) is 6.37. The van der Waals surface area contributed by atoms with Crippen molar-refractivity contribution in [2.45, 2.75) is 44.4 Å². The van der Waals surface area contributed by atoms with Gasteiger partial charge in [-0.25, -0.2) is 0 Å². The zero-order chi connectivity index (χ0) is 18.3. The number of aliphatic imine (C=N–C) groups is 1. The van der Waals surface area contributed by atoms with Gasteiger partial charge >= 0.3 is 6.18 Å². The number of benzene rings is 1. The highest BCUT2D eigenvalue weighted by atomic mass is 19.4. The van der Waals surface area contributed by atoms with Crippen molar-refractivity contribution in [3.8, 4) is 0 Å². The molecule has 0 unspecified atom stereocenters. The standard InChI is InChI=1S/C18H27F3N4/c1-22-17(23-11-12-25(2)16-5-3-4-6-16)24-13-14-7-9-15(10-8-14)18(19,20)21/h7-10,16H,3-6,11-13H2,1-2H3,(H2,22,23,24). The minimum Gasteiger partial charge on any atom is -0.355 e. The molecule has 0 aliphatic heterocycles. The van der Waals surface area contributed by atoms with Gasteiger partial charge in [-0.2, -0.15) is 13.2 Å². The smallest absolute Gasteiger partial charge is 0.355 e. The Hall–Kier alpha value is -1.76. The van der Waals surface area contributed by atoms with Crippen LogP contribution in [0.3, 0.4) is 0 Å². The molecule has 0 amide bonds. The summed E-state index contributed by atoms with van der Waals surface area (Å²) < 4.78 is 37.7. The minimum atomic E-state index is -4.30. The Morgan fingerprint density at radius 1 is 1.16 bits per heavy atom. The van der Waals surface area contributed by atoms with Crippen LogP contribution in [0.15, 0.2) is 29.3 Å². The fourth-order valence-electron chi connectivity index (χ4n) is 3.10. The number of rotatable bonds is 6. The molecule has 1 aliphatic rings. The summed E-state index contributed by atoms with van der Waals surface area (Å²) >= 11 is 0. The van der Waals surface area contributed by atoms with Crippen LogP contribution in [-0.2, 0) is 12.7 Å². The molecule has 0 atom stereocenters. The molecule has 0 radical (unpaired) electrons. The molecule has 1 saturated carbocycles. The third kappa shape index (κ3) is 6.23. The zero-order valence-corrected chi connectivity index (χ0v) is 14.9. The molecule has 0 saturated heterocycles. The number of hydrogen-bond donors (Lipinski definition) is 2. The topological polar surface area (TPSA) is 39.7 Å². The predicted molar refractivity (Wildman–Crippen MR) is 94.5 cm³/mol. The highest BCUT2D eigenvalue weighted by Gasteiger charge is 2.29. The van der Waals surface area contributed by atoms with E-state index >= 15 is 0 Å². The molecular formula is C18H27F3N4. The van der Waals surface area contributed by atoms with Crippen molar-refractivity contribution in [2.24, 2.45) is 4.99 Å². The van der Waals surface area contributed by atoms with E-state index in [1.54, 1.807) is 7.05 Å². The average Bonchev–Trinajstić information content (AvgIpc) is 3.12. The number of hydrogen-bond acceptors (Lipinski definition) is 2. The van der Waals surface area contributed by atoms with Crippen LogP contribution >= 0.6 is 0 Å². The van der Waals surface area contributed by atoms with E-state index in [1.807, 2.05) is 0 Å². The average molecular weight is 356 g/mol. The summed E-state index contributed by atoms with van der Waals surface area (Å²) in [5.41, 5.74) is 0.146. The summed E-state index contributed by atoms with van der Waals surface area (Å²) in [6.07, 6.45) is 0.890. The highest BCUT2D eigenvalue weighted by molar-refractivity contribution is 5.79. The summed E-state index contributed by atoms with van der Waals surface area (Å²) in [5.74, 6) is 0.653. The first-order valence-electron chi connectivity index (χ1n) is 8.71. The van der Waals surface area contributed by atoms with Gasteiger partial charge in [0.1, 0.15) is 0 Å². The number of halogens is 3. The van der Waals surface area contributed by atoms with Crippen molar-refractivity contribution in [1.82, 2.24) is 15.5 Å². The van der Waals surface area contributed by atoms with Crippen molar-refractivity contribution >= 4 is 5.96 Å². The molecule has 0 heterocycles. The normalized spacial score (nSPS) is 16.5. The Labute approximate surface area is 147 Å². The lowest BCUT2D eigenvalue weighted by atomic mass is 10.1. The molecule has 2 N–H and O–H groups in total. The third-order valence-electron chi connectivity index (χ3n) is 4.67. The second-order valence-corrected chi connectivity index (χ2v) is 6.47. The van der Waals surface area contributed by atoms with Gasteiger partial charge in [-0.05, 0) is 37.6 Å². The summed E-state index contributed by atoms with van der Waals surface area (Å²) in [7, 11) is 3.83. The molecular weight excluding hydrogens is 329 g/mol. The molecule has 0 aromatic heterocycles. The minimum absolute atomic E-state index is 0.427. The molecule has 1 aliphatic carbocycles. The van der Waals surface area contributed by atoms with E-state index < -0.39 is 11.7 Å². The number of nitrogens with zero attached hydrogens (tertiary/aromatic N) is 2. The van der Waals surface area contributed by atoms with Gasteiger partial charge < -0.3 is 15.5 Å². The second kappa shape index (κ2) is 9.08. The monoisotopic (exact) mass is 356 g/mol. The lowest BCUT2D eigenvalue weighted by Crippen LogP contribution is -2.42. The lowest BCUT2D eigenvalue weighted by Gasteiger charge is -2.24. The summed E-state index contributed by atoms with van der Waals surface area (Å²) in [6, 6.07) is 5.85. The Balaban J connectivity index is 1.72. The van der Waals surface area contributed by atoms with E-state index in [0.29, 0.717) is 18.5 Å². The fourth-order valence-corrected chi connectivity index (χ4v) is 3.10. The Morgan fingerprint density at radius 3 is 2.36 bits per heavy atom. The summed E-state index contributed by atoms with van der Waals surface area (Å²) in [4.78, 5) is 6.53. The first-order valence-corrected chi connectivity index (χ1v) is 8.71. The van der Waals surface area contributed by atoms with Crippen LogP contribution in [0.5, 0.6) is 0 Å². The molecule has 7 heteroatoms. The van der Waals surface area contributed by atoms with Crippen LogP contribution in [0.2, 0.25) is 0 Å². The Kier molecular flexibility index (Phi) is 7.11. The molecule has 140 valence electrons. The third-order valence-corrected chi connectivity index (χ3v) is 4.67. The zero-order valence-electron chi connectivity index (χ0n) is 14.9. The molecule has 4 nitrogen and oxygen atoms in total. The van der Waals surface area contributed by atoms with E-state index in [-0.39, 0.29) is 0 Å². The van der Waals surface area contributed by atoms with E-state index in [9.17, 15) is 13.2 Å². The van der Waals surface area contributed by atoms with Crippen LogP contribution in [0.25, 0.3) is 0 Å². The van der Waals surface area contributed by atoms with Crippen molar-refractivity contribution < 1.29 is 13.2 Å². The molecule has 2 rings (SSSR count). The van der Waals surface area contributed by atoms with Crippen LogP contribution in [0.1, 0.15) is 36.8 Å². The van der Waals surface area contributed by atoms with E-state index in [0.717, 1.165) is 30.8 Å². The van der Waals surface area contributed by atoms with Gasteiger partial charge in [0.2, 0.25) is 0 Å². The van der Waals surface area contributed by atoms with Gasteiger partial charge in [0.25, 0.3) is 0 Å². The quantitative estimate of drug-likeness (QED) is 0.607. The maximum atomic E-state index is 12.6. The first kappa shape index (κ1) is 19.6. The largest absolute Gasteiger partial charge is 0.416 e. The van der Waals surface area contributed by atoms with Crippen molar-refractivity contribution in [2.75, 3.05) is 27.2 Å². The fraction of sp³-hybridized carbons (Fsp3) is 0.611. The maximum absolute atomic E-state index is 12.6. The predicted octanol–water partition coefficient (Wildman–Crippen LogP) is 3.24. The maximum Gasteiger partial charge on any atom is 0.416 e. The van der Waals surface area contributed by atoms with E-state index in [4.69, 9.17) is 0 Å². The molecule has 0 spiro atoms. The number of likely N-dealkylation sites (N-methyl/N-ethyl adjacent to an activating group) is 1. The van der Waals surface area contributed by atoms with Crippen LogP contribution in [0, 0.1) is 0 Å². The van der Waals surface area contributed by atoms with Crippen molar-refractivity contribution in [3.05, 3.63) is 35.4 Å². The highest BCUT2D eigenvalue weighted by Crippen LogP contribution is 2.29. The van der Waals surface area contributed by atoms with E-state index in [2.05, 4.69) is 27.6 Å². The Morgan fingerprint density at radius 2 is 1.80 bits per heavy atom. The number of alkyl halides is 3. The molecule has 1 fully saturated rings. The Bertz CT molecular complexity index is 548. The second-order valence-electron chi connectivity index (χ2n) is 6.47. The van der Waals surface area contributed by atoms with Crippen LogP contribution in [-0.4, -0.2) is 44.1 Å². The molecule has 1 aromatic carbocycles. The first-order chi connectivity index (χ1) is 11.9. The SMILES string of the molecule is CN=C(NCCN(C)C1CCCC1)NCc1ccc(C(F)(F)F)cc1. The van der Waals surface area contributed by atoms with Gasteiger partial charge in [-0.1, -0.05) is 25.0 Å². The summed E-state index contributed by atoms with van der Waals surface area (Å²) in [6.45, 7) is 2.14. The van der Waals surface area contributed by atoms with Gasteiger partial charge in [-0.15, -0.1) is 0 Å². The van der Waals surface area contributed by atoms with Crippen LogP contribution in [0.4, 0.5) is 13.2 Å². The lowest BCUT2D eigenvalue weighted by molar-refractivity contribution is -0.137. The number of nitrogens with one attached hydrogen (secondary N) is 2. The van der Waals surface area contributed by atoms with Gasteiger partial charge in [0.05, 0.1) is 5.56 Å². The van der Waals surface area contributed by atoms with Crippen molar-refractivity contribution in [1.29, 1.82) is 0 Å². The van der Waals surface area contributed by atoms with Gasteiger partial charge in [0, 0.05) is 32.7 Å². The molecule has 25 heavy (non-hydrogen) atoms. The molecule has 1 aromatic rings. The van der Waals surface area contributed by atoms with Gasteiger partial charge in [0.15, 0.2) is 5.96 Å². The van der Waals surface area contributed by atoms with Crippen LogP contribution < -0.4 is 10.6 Å². The van der Waals surface area contributed by atoms with Gasteiger partial charge in [-0.3, -0.25) is 4.99 Å². The van der Waals surface area contributed by atoms with E-state index in [1.165, 1.54) is 37.8 Å².